The SMILES string of the molecule is Nc1c(C(=O)Nc2ccc(Cl)cc2I)sc2ccccc12. The topological polar surface area (TPSA) is 55.1 Å². The Morgan fingerprint density at radius 1 is 1.24 bits per heavy atom. The number of hydrogen-bond acceptors (Lipinski definition) is 3. The number of fused-ring (bicyclic) bond motifs is 1. The van der Waals surface area contributed by atoms with Crippen LogP contribution in [0.1, 0.15) is 9.67 Å². The van der Waals surface area contributed by atoms with E-state index >= 15 is 0 Å². The quantitative estimate of drug-likeness (QED) is 0.565. The lowest BCUT2D eigenvalue weighted by molar-refractivity contribution is 0.103. The van der Waals surface area contributed by atoms with Gasteiger partial charge in [-0.25, -0.2) is 0 Å². The van der Waals surface area contributed by atoms with Gasteiger partial charge >= 0.3 is 0 Å². The number of thiophene rings is 1. The molecule has 3 aromatic rings. The number of carbonyl (C=O) groups is 1. The molecule has 3 rings (SSSR count). The molecule has 1 heterocycles. The lowest BCUT2D eigenvalue weighted by Gasteiger charge is -2.07. The number of carbonyl (C=O) groups excluding carboxylic acids is 1. The number of nitrogens with two attached hydrogens (primary N) is 1. The van der Waals surface area contributed by atoms with Crippen LogP contribution < -0.4 is 11.1 Å². The van der Waals surface area contributed by atoms with E-state index in [0.29, 0.717) is 15.6 Å². The van der Waals surface area contributed by atoms with E-state index in [4.69, 9.17) is 17.3 Å². The monoisotopic (exact) mass is 428 g/mol. The molecular weight excluding hydrogens is 419 g/mol. The largest absolute Gasteiger partial charge is 0.397 e. The molecule has 0 aliphatic carbocycles. The van der Waals surface area contributed by atoms with Crippen molar-refractivity contribution in [3.05, 3.63) is 55.9 Å². The molecule has 0 radical (unpaired) electrons. The van der Waals surface area contributed by atoms with E-state index < -0.39 is 0 Å². The average molecular weight is 429 g/mol. The molecule has 3 N–H and O–H groups in total. The third kappa shape index (κ3) is 2.86. The number of hydrogen-bond donors (Lipinski definition) is 2. The minimum atomic E-state index is -0.200. The lowest BCUT2D eigenvalue weighted by Crippen LogP contribution is -2.12. The fourth-order valence-corrected chi connectivity index (χ4v) is 4.03. The van der Waals surface area contributed by atoms with Gasteiger partial charge in [-0.3, -0.25) is 4.79 Å². The predicted octanol–water partition coefficient (Wildman–Crippen LogP) is 4.99. The number of rotatable bonds is 2. The summed E-state index contributed by atoms with van der Waals surface area (Å²) in [4.78, 5) is 13.0. The Hall–Kier alpha value is -1.31. The standard InChI is InChI=1S/C15H10ClIN2OS/c16-8-5-6-11(10(17)7-8)19-15(20)14-13(18)9-3-1-2-4-12(9)21-14/h1-7H,18H2,(H,19,20). The summed E-state index contributed by atoms with van der Waals surface area (Å²) in [7, 11) is 0. The van der Waals surface area contributed by atoms with E-state index in [1.807, 2.05) is 24.3 Å². The smallest absolute Gasteiger partial charge is 0.267 e. The summed E-state index contributed by atoms with van der Waals surface area (Å²) >= 11 is 9.44. The summed E-state index contributed by atoms with van der Waals surface area (Å²) in [6, 6.07) is 13.0. The first kappa shape index (κ1) is 14.6. The van der Waals surface area contributed by atoms with Gasteiger partial charge in [0.2, 0.25) is 0 Å². The van der Waals surface area contributed by atoms with Gasteiger partial charge in [0.25, 0.3) is 5.91 Å². The maximum Gasteiger partial charge on any atom is 0.267 e. The van der Waals surface area contributed by atoms with Gasteiger partial charge in [-0.15, -0.1) is 11.3 Å². The van der Waals surface area contributed by atoms with Gasteiger partial charge in [-0.05, 0) is 46.9 Å². The second kappa shape index (κ2) is 5.82. The zero-order valence-corrected chi connectivity index (χ0v) is 14.4. The van der Waals surface area contributed by atoms with Crippen LogP contribution in [0.15, 0.2) is 42.5 Å². The van der Waals surface area contributed by atoms with Crippen molar-refractivity contribution >= 4 is 72.9 Å². The van der Waals surface area contributed by atoms with E-state index in [1.54, 1.807) is 18.2 Å². The molecular formula is C15H10ClIN2OS. The lowest BCUT2D eigenvalue weighted by atomic mass is 10.2. The highest BCUT2D eigenvalue weighted by molar-refractivity contribution is 14.1. The van der Waals surface area contributed by atoms with Crippen molar-refractivity contribution in [3.63, 3.8) is 0 Å². The zero-order chi connectivity index (χ0) is 15.0. The van der Waals surface area contributed by atoms with Crippen LogP contribution in [-0.4, -0.2) is 5.91 Å². The summed E-state index contributed by atoms with van der Waals surface area (Å²) in [6.07, 6.45) is 0. The van der Waals surface area contributed by atoms with Crippen LogP contribution in [0.4, 0.5) is 11.4 Å². The third-order valence-electron chi connectivity index (χ3n) is 3.02. The van der Waals surface area contributed by atoms with Gasteiger partial charge in [0.05, 0.1) is 11.4 Å². The van der Waals surface area contributed by atoms with E-state index in [1.165, 1.54) is 11.3 Å². The molecule has 0 aliphatic heterocycles. The Kier molecular flexibility index (Phi) is 4.05. The van der Waals surface area contributed by atoms with Crippen molar-refractivity contribution < 1.29 is 4.79 Å². The summed E-state index contributed by atoms with van der Waals surface area (Å²) < 4.78 is 1.89. The Morgan fingerprint density at radius 3 is 2.71 bits per heavy atom. The summed E-state index contributed by atoms with van der Waals surface area (Å²) in [5.74, 6) is -0.200. The van der Waals surface area contributed by atoms with Crippen LogP contribution in [0.25, 0.3) is 10.1 Å². The van der Waals surface area contributed by atoms with Crippen molar-refractivity contribution in [1.29, 1.82) is 0 Å². The van der Waals surface area contributed by atoms with Crippen molar-refractivity contribution in [1.82, 2.24) is 0 Å². The van der Waals surface area contributed by atoms with E-state index in [9.17, 15) is 4.79 Å². The number of benzene rings is 2. The number of amides is 1. The average Bonchev–Trinajstić information content (AvgIpc) is 2.80. The molecule has 0 saturated carbocycles. The minimum Gasteiger partial charge on any atom is -0.397 e. The minimum absolute atomic E-state index is 0.200. The molecule has 2 aromatic carbocycles. The van der Waals surface area contributed by atoms with Crippen LogP contribution >= 0.6 is 45.5 Å². The highest BCUT2D eigenvalue weighted by Crippen LogP contribution is 2.34. The van der Waals surface area contributed by atoms with Crippen molar-refractivity contribution in [2.45, 2.75) is 0 Å². The highest BCUT2D eigenvalue weighted by Gasteiger charge is 2.17. The molecule has 6 heteroatoms. The second-order valence-corrected chi connectivity index (χ2v) is 7.07. The van der Waals surface area contributed by atoms with E-state index in [2.05, 4.69) is 27.9 Å². The van der Waals surface area contributed by atoms with Crippen LogP contribution in [0, 0.1) is 3.57 Å². The van der Waals surface area contributed by atoms with Crippen LogP contribution in [0.5, 0.6) is 0 Å². The first-order valence-corrected chi connectivity index (χ1v) is 8.37. The normalized spacial score (nSPS) is 10.8. The fourth-order valence-electron chi connectivity index (χ4n) is 2.00. The Balaban J connectivity index is 1.95. The molecule has 21 heavy (non-hydrogen) atoms. The van der Waals surface area contributed by atoms with Gasteiger partial charge in [0.1, 0.15) is 4.88 Å². The number of nitrogens with one attached hydrogen (secondary N) is 1. The summed E-state index contributed by atoms with van der Waals surface area (Å²) in [6.45, 7) is 0. The van der Waals surface area contributed by atoms with Crippen molar-refractivity contribution in [2.24, 2.45) is 0 Å². The highest BCUT2D eigenvalue weighted by atomic mass is 127. The summed E-state index contributed by atoms with van der Waals surface area (Å²) in [5, 5.41) is 4.43. The van der Waals surface area contributed by atoms with Gasteiger partial charge in [-0.1, -0.05) is 29.8 Å². The molecule has 0 atom stereocenters. The molecule has 0 unspecified atom stereocenters. The fraction of sp³-hybridized carbons (Fsp3) is 0. The van der Waals surface area contributed by atoms with Gasteiger partial charge in [0.15, 0.2) is 0 Å². The first-order chi connectivity index (χ1) is 10.1. The van der Waals surface area contributed by atoms with Gasteiger partial charge in [-0.2, -0.15) is 0 Å². The van der Waals surface area contributed by atoms with Crippen LogP contribution in [-0.2, 0) is 0 Å². The third-order valence-corrected chi connectivity index (χ3v) is 5.33. The van der Waals surface area contributed by atoms with Crippen LogP contribution in [0.2, 0.25) is 5.02 Å². The Bertz CT molecular complexity index is 847. The second-order valence-electron chi connectivity index (χ2n) is 4.42. The molecule has 0 spiro atoms. The van der Waals surface area contributed by atoms with Gasteiger partial charge < -0.3 is 11.1 Å². The number of anilines is 2. The molecule has 106 valence electrons. The molecule has 1 amide bonds. The molecule has 1 aromatic heterocycles. The molecule has 0 aliphatic rings. The predicted molar refractivity (Wildman–Crippen MR) is 98.4 cm³/mol. The van der Waals surface area contributed by atoms with Crippen molar-refractivity contribution in [3.8, 4) is 0 Å². The van der Waals surface area contributed by atoms with E-state index in [-0.39, 0.29) is 5.91 Å². The molecule has 0 bridgehead atoms. The zero-order valence-electron chi connectivity index (χ0n) is 10.7. The number of halogens is 2. The van der Waals surface area contributed by atoms with Gasteiger partial charge in [0, 0.05) is 18.7 Å². The summed E-state index contributed by atoms with van der Waals surface area (Å²) in [5.41, 5.74) is 7.33. The van der Waals surface area contributed by atoms with Crippen LogP contribution in [0.3, 0.4) is 0 Å². The van der Waals surface area contributed by atoms with E-state index in [0.717, 1.165) is 19.3 Å². The first-order valence-electron chi connectivity index (χ1n) is 6.09. The Labute approximate surface area is 144 Å². The number of nitrogen functional groups attached to an aromatic ring is 1. The maximum absolute atomic E-state index is 12.4. The Morgan fingerprint density at radius 2 is 2.00 bits per heavy atom. The van der Waals surface area contributed by atoms with Crippen molar-refractivity contribution in [2.75, 3.05) is 11.1 Å². The molecule has 0 fully saturated rings. The molecule has 0 saturated heterocycles. The maximum atomic E-state index is 12.4. The molecule has 3 nitrogen and oxygen atoms in total.